The normalized spacial score (nSPS) is 13.1. The van der Waals surface area contributed by atoms with Crippen molar-refractivity contribution >= 4 is 0 Å². The summed E-state index contributed by atoms with van der Waals surface area (Å²) in [7, 11) is 0. The molecule has 0 atom stereocenters. The highest BCUT2D eigenvalue weighted by Gasteiger charge is 2.28. The molecule has 0 bridgehead atoms. The Morgan fingerprint density at radius 1 is 0.593 bits per heavy atom. The van der Waals surface area contributed by atoms with Crippen molar-refractivity contribution in [1.82, 2.24) is 0 Å². The van der Waals surface area contributed by atoms with Gasteiger partial charge in [0.1, 0.15) is 11.5 Å². The molecule has 0 fully saturated rings. The molecule has 0 heterocycles. The first-order valence-corrected chi connectivity index (χ1v) is 9.76. The van der Waals surface area contributed by atoms with E-state index in [9.17, 15) is 10.2 Å². The van der Waals surface area contributed by atoms with Crippen LogP contribution in [-0.4, -0.2) is 10.2 Å². The minimum absolute atomic E-state index is 0.150. The molecule has 2 rings (SSSR count). The van der Waals surface area contributed by atoms with E-state index in [1.807, 2.05) is 13.0 Å². The predicted molar refractivity (Wildman–Crippen MR) is 116 cm³/mol. The van der Waals surface area contributed by atoms with Crippen LogP contribution in [0.5, 0.6) is 11.5 Å². The Hall–Kier alpha value is -1.96. The van der Waals surface area contributed by atoms with Gasteiger partial charge in [-0.2, -0.15) is 0 Å². The number of hydrogen-bond donors (Lipinski definition) is 2. The third-order valence-electron chi connectivity index (χ3n) is 5.19. The lowest BCUT2D eigenvalue weighted by Gasteiger charge is -2.29. The second-order valence-corrected chi connectivity index (χ2v) is 10.9. The van der Waals surface area contributed by atoms with Crippen LogP contribution >= 0.6 is 0 Å². The largest absolute Gasteiger partial charge is 0.508 e. The summed E-state index contributed by atoms with van der Waals surface area (Å²) in [5.41, 5.74) is 5.58. The van der Waals surface area contributed by atoms with Gasteiger partial charge in [-0.3, -0.25) is 0 Å². The molecule has 27 heavy (non-hydrogen) atoms. The zero-order chi connectivity index (χ0) is 20.9. The molecule has 0 aliphatic carbocycles. The minimum Gasteiger partial charge on any atom is -0.508 e. The SMILES string of the molecule is Cc1cc(O)c(C(C)(C)C)cc1-c1cc(C(C)(C)C)c(O)c(C(C)(C)C)c1. The van der Waals surface area contributed by atoms with Gasteiger partial charge in [-0.1, -0.05) is 62.3 Å². The van der Waals surface area contributed by atoms with Crippen molar-refractivity contribution in [3.63, 3.8) is 0 Å². The monoisotopic (exact) mass is 368 g/mol. The molecule has 0 aromatic heterocycles. The van der Waals surface area contributed by atoms with Crippen molar-refractivity contribution in [3.8, 4) is 22.6 Å². The number of phenols is 2. The minimum atomic E-state index is -0.169. The van der Waals surface area contributed by atoms with E-state index in [2.05, 4.69) is 80.5 Å². The second-order valence-electron chi connectivity index (χ2n) is 10.9. The predicted octanol–water partition coefficient (Wildman–Crippen LogP) is 6.97. The highest BCUT2D eigenvalue weighted by atomic mass is 16.3. The van der Waals surface area contributed by atoms with Crippen molar-refractivity contribution in [2.24, 2.45) is 0 Å². The van der Waals surface area contributed by atoms with Crippen LogP contribution in [0, 0.1) is 6.92 Å². The first-order chi connectivity index (χ1) is 12.0. The average Bonchev–Trinajstić information content (AvgIpc) is 2.44. The molecule has 2 aromatic rings. The Morgan fingerprint density at radius 2 is 1.00 bits per heavy atom. The van der Waals surface area contributed by atoms with Gasteiger partial charge >= 0.3 is 0 Å². The lowest BCUT2D eigenvalue weighted by atomic mass is 9.77. The molecule has 0 saturated heterocycles. The lowest BCUT2D eigenvalue weighted by Crippen LogP contribution is -2.17. The van der Waals surface area contributed by atoms with Crippen LogP contribution in [0.1, 0.15) is 84.6 Å². The molecule has 0 amide bonds. The molecule has 2 nitrogen and oxygen atoms in total. The van der Waals surface area contributed by atoms with Gasteiger partial charge < -0.3 is 10.2 Å². The summed E-state index contributed by atoms with van der Waals surface area (Å²) < 4.78 is 0. The van der Waals surface area contributed by atoms with Gasteiger partial charge in [-0.15, -0.1) is 0 Å². The zero-order valence-corrected chi connectivity index (χ0v) is 18.7. The lowest BCUT2D eigenvalue weighted by molar-refractivity contribution is 0.423. The van der Waals surface area contributed by atoms with Crippen LogP contribution < -0.4 is 0 Å². The first-order valence-electron chi connectivity index (χ1n) is 9.76. The fourth-order valence-electron chi connectivity index (χ4n) is 3.54. The van der Waals surface area contributed by atoms with Gasteiger partial charge in [0.15, 0.2) is 0 Å². The van der Waals surface area contributed by atoms with E-state index in [0.29, 0.717) is 11.5 Å². The van der Waals surface area contributed by atoms with E-state index < -0.39 is 0 Å². The van der Waals surface area contributed by atoms with Crippen LogP contribution in [0.4, 0.5) is 0 Å². The second kappa shape index (κ2) is 6.58. The van der Waals surface area contributed by atoms with E-state index >= 15 is 0 Å². The number of phenolic OH excluding ortho intramolecular Hbond substituents is 2. The summed E-state index contributed by atoms with van der Waals surface area (Å²) in [6.07, 6.45) is 0. The number of rotatable bonds is 1. The van der Waals surface area contributed by atoms with Crippen molar-refractivity contribution < 1.29 is 10.2 Å². The molecule has 0 radical (unpaired) electrons. The van der Waals surface area contributed by atoms with Crippen LogP contribution in [0.2, 0.25) is 0 Å². The molecule has 0 spiro atoms. The molecular formula is C25H36O2. The highest BCUT2D eigenvalue weighted by Crippen LogP contribution is 2.44. The Labute approximate surface area is 165 Å². The fraction of sp³-hybridized carbons (Fsp3) is 0.520. The maximum Gasteiger partial charge on any atom is 0.123 e. The number of benzene rings is 2. The van der Waals surface area contributed by atoms with Gasteiger partial charge in [-0.05, 0) is 69.7 Å². The molecule has 0 aliphatic rings. The zero-order valence-electron chi connectivity index (χ0n) is 18.7. The van der Waals surface area contributed by atoms with Crippen LogP contribution in [-0.2, 0) is 16.2 Å². The van der Waals surface area contributed by atoms with E-state index in [4.69, 9.17) is 0 Å². The summed E-state index contributed by atoms with van der Waals surface area (Å²) in [5, 5.41) is 21.5. The van der Waals surface area contributed by atoms with Crippen LogP contribution in [0.25, 0.3) is 11.1 Å². The summed E-state index contributed by atoms with van der Waals surface area (Å²) >= 11 is 0. The van der Waals surface area contributed by atoms with Crippen molar-refractivity contribution in [1.29, 1.82) is 0 Å². The smallest absolute Gasteiger partial charge is 0.123 e. The number of hydrogen-bond acceptors (Lipinski definition) is 2. The van der Waals surface area contributed by atoms with E-state index in [0.717, 1.165) is 33.4 Å². The van der Waals surface area contributed by atoms with E-state index in [1.54, 1.807) is 0 Å². The third kappa shape index (κ3) is 4.31. The van der Waals surface area contributed by atoms with E-state index in [-0.39, 0.29) is 16.2 Å². The maximum atomic E-state index is 11.0. The summed E-state index contributed by atoms with van der Waals surface area (Å²) in [6, 6.07) is 8.18. The number of aromatic hydroxyl groups is 2. The molecule has 2 aromatic carbocycles. The highest BCUT2D eigenvalue weighted by molar-refractivity contribution is 5.73. The standard InChI is InChI=1S/C25H36O2/c1-15-11-21(26)18(23(2,3)4)14-17(15)16-12-19(24(5,6)7)22(27)20(13-16)25(8,9)10/h11-14,26-27H,1-10H3. The molecule has 2 heteroatoms. The van der Waals surface area contributed by atoms with E-state index in [1.165, 1.54) is 0 Å². The average molecular weight is 369 g/mol. The Morgan fingerprint density at radius 3 is 1.37 bits per heavy atom. The van der Waals surface area contributed by atoms with Gasteiger partial charge in [-0.25, -0.2) is 0 Å². The Balaban J connectivity index is 2.88. The number of aryl methyl sites for hydroxylation is 1. The topological polar surface area (TPSA) is 40.5 Å². The molecule has 0 saturated carbocycles. The Bertz CT molecular complexity index is 819. The van der Waals surface area contributed by atoms with Crippen molar-refractivity contribution in [2.45, 2.75) is 85.5 Å². The van der Waals surface area contributed by atoms with Crippen molar-refractivity contribution in [2.75, 3.05) is 0 Å². The summed E-state index contributed by atoms with van der Waals surface area (Å²) in [4.78, 5) is 0. The van der Waals surface area contributed by atoms with Gasteiger partial charge in [0.25, 0.3) is 0 Å². The Kier molecular flexibility index (Phi) is 5.20. The summed E-state index contributed by atoms with van der Waals surface area (Å²) in [5.74, 6) is 0.737. The molecule has 0 unspecified atom stereocenters. The van der Waals surface area contributed by atoms with Crippen LogP contribution in [0.3, 0.4) is 0 Å². The molecule has 2 N–H and O–H groups in total. The molecule has 0 aliphatic heterocycles. The van der Waals surface area contributed by atoms with Gasteiger partial charge in [0.2, 0.25) is 0 Å². The fourth-order valence-corrected chi connectivity index (χ4v) is 3.54. The quantitative estimate of drug-likeness (QED) is 0.571. The maximum absolute atomic E-state index is 11.0. The third-order valence-corrected chi connectivity index (χ3v) is 5.19. The summed E-state index contributed by atoms with van der Waals surface area (Å²) in [6.45, 7) is 21.1. The van der Waals surface area contributed by atoms with Gasteiger partial charge in [0.05, 0.1) is 0 Å². The molecular weight excluding hydrogens is 332 g/mol. The first kappa shape index (κ1) is 21.3. The van der Waals surface area contributed by atoms with Crippen LogP contribution in [0.15, 0.2) is 24.3 Å². The van der Waals surface area contributed by atoms with Crippen molar-refractivity contribution in [3.05, 3.63) is 46.5 Å². The van der Waals surface area contributed by atoms with Gasteiger partial charge in [0, 0.05) is 11.1 Å². The molecule has 148 valence electrons.